The number of rotatable bonds is 5. The van der Waals surface area contributed by atoms with E-state index in [1.165, 1.54) is 7.11 Å². The van der Waals surface area contributed by atoms with Crippen LogP contribution in [0.1, 0.15) is 11.1 Å². The summed E-state index contributed by atoms with van der Waals surface area (Å²) in [4.78, 5) is 25.4. The maximum Gasteiger partial charge on any atom is 0.425 e. The Balaban J connectivity index is 1.87. The number of ether oxygens (including phenoxy) is 1. The van der Waals surface area contributed by atoms with E-state index in [1.807, 2.05) is 0 Å². The molecule has 1 fully saturated rings. The molecule has 1 saturated heterocycles. The van der Waals surface area contributed by atoms with Gasteiger partial charge in [-0.15, -0.1) is 0 Å². The molecule has 0 aromatic heterocycles. The first-order valence-electron chi connectivity index (χ1n) is 8.29. The van der Waals surface area contributed by atoms with Crippen molar-refractivity contribution in [1.29, 1.82) is 0 Å². The molecule has 148 valence electrons. The highest BCUT2D eigenvalue weighted by Crippen LogP contribution is 2.43. The number of halogens is 4. The van der Waals surface area contributed by atoms with Gasteiger partial charge in [-0.05, 0) is 41.8 Å². The molecule has 1 aliphatic rings. The summed E-state index contributed by atoms with van der Waals surface area (Å²) in [5.74, 6) is -1.59. The van der Waals surface area contributed by atoms with Crippen LogP contribution in [-0.4, -0.2) is 36.7 Å². The van der Waals surface area contributed by atoms with Crippen LogP contribution in [0.5, 0.6) is 5.75 Å². The van der Waals surface area contributed by atoms with Crippen LogP contribution in [0.25, 0.3) is 0 Å². The minimum Gasteiger partial charge on any atom is -0.497 e. The van der Waals surface area contributed by atoms with Crippen LogP contribution in [0.4, 0.5) is 22.4 Å². The summed E-state index contributed by atoms with van der Waals surface area (Å²) in [5.41, 5.74) is -3.07. The quantitative estimate of drug-likeness (QED) is 0.623. The van der Waals surface area contributed by atoms with Crippen LogP contribution < -0.4 is 10.1 Å². The van der Waals surface area contributed by atoms with Gasteiger partial charge in [0.25, 0.3) is 5.91 Å². The van der Waals surface area contributed by atoms with Crippen molar-refractivity contribution in [3.05, 3.63) is 65.5 Å². The summed E-state index contributed by atoms with van der Waals surface area (Å²) in [6.45, 7) is -0.240. The zero-order chi connectivity index (χ0) is 20.5. The number of benzene rings is 2. The Morgan fingerprint density at radius 3 is 2.18 bits per heavy atom. The summed E-state index contributed by atoms with van der Waals surface area (Å²) >= 11 is 0. The maximum absolute atomic E-state index is 13.9. The Hall–Kier alpha value is -3.10. The molecule has 2 aromatic rings. The maximum atomic E-state index is 13.9. The van der Waals surface area contributed by atoms with Gasteiger partial charge in [-0.2, -0.15) is 13.2 Å². The van der Waals surface area contributed by atoms with E-state index in [0.29, 0.717) is 16.2 Å². The number of alkyl halides is 3. The van der Waals surface area contributed by atoms with E-state index in [1.54, 1.807) is 29.6 Å². The highest BCUT2D eigenvalue weighted by atomic mass is 19.4. The summed E-state index contributed by atoms with van der Waals surface area (Å²) < 4.78 is 59.8. The SMILES string of the molecule is COc1ccc(CCN2C(=O)N[C@@](c3ccc(F)cc3)(C(F)(F)F)C2=O)cc1. The number of nitrogens with zero attached hydrogens (tertiary/aromatic N) is 1. The first-order valence-corrected chi connectivity index (χ1v) is 8.29. The molecule has 9 heteroatoms. The highest BCUT2D eigenvalue weighted by molar-refractivity contribution is 6.08. The van der Waals surface area contributed by atoms with Crippen LogP contribution >= 0.6 is 0 Å². The number of methoxy groups -OCH3 is 1. The molecular formula is C19H16F4N2O3. The zero-order valence-electron chi connectivity index (χ0n) is 14.7. The Kier molecular flexibility index (Phi) is 5.01. The van der Waals surface area contributed by atoms with Gasteiger partial charge in [0, 0.05) is 6.54 Å². The molecule has 3 amide bonds. The van der Waals surface area contributed by atoms with Crippen LogP contribution in [-0.2, 0) is 16.8 Å². The Bertz CT molecular complexity index is 882. The fourth-order valence-electron chi connectivity index (χ4n) is 3.06. The van der Waals surface area contributed by atoms with Crippen molar-refractivity contribution in [1.82, 2.24) is 10.2 Å². The molecule has 0 unspecified atom stereocenters. The average Bonchev–Trinajstić information content (AvgIpc) is 2.92. The number of nitrogens with one attached hydrogen (secondary N) is 1. The first kappa shape index (κ1) is 19.7. The standard InChI is InChI=1S/C19H16F4N2O3/c1-28-15-8-2-12(3-9-15)10-11-25-16(26)18(19(21,22)23,24-17(25)27)13-4-6-14(20)7-5-13/h2-9H,10-11H2,1H3,(H,24,27)/t18-/m1/s1. The van der Waals surface area contributed by atoms with Gasteiger partial charge >= 0.3 is 12.2 Å². The molecule has 0 radical (unpaired) electrons. The van der Waals surface area contributed by atoms with Gasteiger partial charge < -0.3 is 10.1 Å². The highest BCUT2D eigenvalue weighted by Gasteiger charge is 2.68. The average molecular weight is 396 g/mol. The van der Waals surface area contributed by atoms with E-state index >= 15 is 0 Å². The second-order valence-electron chi connectivity index (χ2n) is 6.24. The van der Waals surface area contributed by atoms with Gasteiger partial charge in [0.1, 0.15) is 11.6 Å². The zero-order valence-corrected chi connectivity index (χ0v) is 14.7. The van der Waals surface area contributed by atoms with Crippen LogP contribution in [0.3, 0.4) is 0 Å². The third-order valence-electron chi connectivity index (χ3n) is 4.59. The van der Waals surface area contributed by atoms with Crippen molar-refractivity contribution in [3.63, 3.8) is 0 Å². The van der Waals surface area contributed by atoms with E-state index in [4.69, 9.17) is 4.74 Å². The van der Waals surface area contributed by atoms with Gasteiger partial charge in [0.15, 0.2) is 0 Å². The molecular weight excluding hydrogens is 380 g/mol. The number of hydrogen-bond donors (Lipinski definition) is 1. The van der Waals surface area contributed by atoms with Crippen molar-refractivity contribution in [2.45, 2.75) is 18.1 Å². The third kappa shape index (κ3) is 3.28. The molecule has 1 atom stereocenters. The lowest BCUT2D eigenvalue weighted by Gasteiger charge is -2.29. The predicted octanol–water partition coefficient (Wildman–Crippen LogP) is 3.39. The first-order chi connectivity index (χ1) is 13.2. The lowest BCUT2D eigenvalue weighted by atomic mass is 9.89. The van der Waals surface area contributed by atoms with Crippen molar-refractivity contribution in [2.24, 2.45) is 0 Å². The fraction of sp³-hybridized carbons (Fsp3) is 0.263. The molecule has 28 heavy (non-hydrogen) atoms. The Morgan fingerprint density at radius 2 is 1.64 bits per heavy atom. The molecule has 0 saturated carbocycles. The van der Waals surface area contributed by atoms with Gasteiger partial charge in [-0.25, -0.2) is 9.18 Å². The number of carbonyl (C=O) groups is 2. The van der Waals surface area contributed by atoms with Crippen molar-refractivity contribution >= 4 is 11.9 Å². The molecule has 1 aliphatic heterocycles. The predicted molar refractivity (Wildman–Crippen MR) is 91.1 cm³/mol. The topological polar surface area (TPSA) is 58.6 Å². The Labute approximate surface area is 157 Å². The molecule has 3 rings (SSSR count). The van der Waals surface area contributed by atoms with Crippen molar-refractivity contribution in [2.75, 3.05) is 13.7 Å². The summed E-state index contributed by atoms with van der Waals surface area (Å²) in [7, 11) is 1.49. The lowest BCUT2D eigenvalue weighted by molar-refractivity contribution is -0.198. The molecule has 0 aliphatic carbocycles. The molecule has 1 N–H and O–H groups in total. The van der Waals surface area contributed by atoms with Gasteiger partial charge in [-0.1, -0.05) is 24.3 Å². The number of amides is 3. The van der Waals surface area contributed by atoms with E-state index in [9.17, 15) is 27.2 Å². The Morgan fingerprint density at radius 1 is 1.04 bits per heavy atom. The molecule has 0 bridgehead atoms. The molecule has 5 nitrogen and oxygen atoms in total. The number of urea groups is 1. The lowest BCUT2D eigenvalue weighted by Crippen LogP contribution is -2.55. The van der Waals surface area contributed by atoms with E-state index in [2.05, 4.69) is 0 Å². The van der Waals surface area contributed by atoms with E-state index < -0.39 is 35.0 Å². The molecule has 0 spiro atoms. The van der Waals surface area contributed by atoms with E-state index in [0.717, 1.165) is 24.3 Å². The monoisotopic (exact) mass is 396 g/mol. The molecule has 2 aromatic carbocycles. The van der Waals surface area contributed by atoms with Gasteiger partial charge in [0.2, 0.25) is 5.54 Å². The smallest absolute Gasteiger partial charge is 0.425 e. The van der Waals surface area contributed by atoms with Crippen molar-refractivity contribution < 1.29 is 31.9 Å². The van der Waals surface area contributed by atoms with E-state index in [-0.39, 0.29) is 13.0 Å². The largest absolute Gasteiger partial charge is 0.497 e. The minimum absolute atomic E-state index is 0.167. The summed E-state index contributed by atoms with van der Waals surface area (Å²) in [6.07, 6.45) is -4.94. The number of hydrogen-bond acceptors (Lipinski definition) is 3. The number of carbonyl (C=O) groups excluding carboxylic acids is 2. The summed E-state index contributed by atoms with van der Waals surface area (Å²) in [5, 5.41) is 1.77. The second-order valence-corrected chi connectivity index (χ2v) is 6.24. The minimum atomic E-state index is -5.10. The number of imide groups is 1. The van der Waals surface area contributed by atoms with Crippen LogP contribution in [0.15, 0.2) is 48.5 Å². The van der Waals surface area contributed by atoms with Crippen molar-refractivity contribution in [3.8, 4) is 5.75 Å². The van der Waals surface area contributed by atoms with Gasteiger partial charge in [-0.3, -0.25) is 9.69 Å². The van der Waals surface area contributed by atoms with Crippen LogP contribution in [0, 0.1) is 5.82 Å². The van der Waals surface area contributed by atoms with Gasteiger partial charge in [0.05, 0.1) is 7.11 Å². The third-order valence-corrected chi connectivity index (χ3v) is 4.59. The normalized spacial score (nSPS) is 19.7. The molecule has 1 heterocycles. The fourth-order valence-corrected chi connectivity index (χ4v) is 3.06. The summed E-state index contributed by atoms with van der Waals surface area (Å²) in [6, 6.07) is 8.86. The second kappa shape index (κ2) is 7.14. The van der Waals surface area contributed by atoms with Crippen LogP contribution in [0.2, 0.25) is 0 Å².